The molecule has 1 aliphatic heterocycles. The number of aliphatic hydroxyl groups excluding tert-OH is 1. The van der Waals surface area contributed by atoms with E-state index >= 15 is 0 Å². The molecule has 0 bridgehead atoms. The second-order valence-corrected chi connectivity index (χ2v) is 7.43. The third kappa shape index (κ3) is 6.21. The van der Waals surface area contributed by atoms with Crippen LogP contribution in [0.3, 0.4) is 0 Å². The highest BCUT2D eigenvalue weighted by molar-refractivity contribution is 5.29. The molecule has 0 spiro atoms. The maximum absolute atomic E-state index is 10.4. The summed E-state index contributed by atoms with van der Waals surface area (Å²) in [4.78, 5) is 2.30. The van der Waals surface area contributed by atoms with E-state index in [0.29, 0.717) is 13.2 Å². The minimum Gasteiger partial charge on any atom is -0.491 e. The summed E-state index contributed by atoms with van der Waals surface area (Å²) in [6.07, 6.45) is 0.545. The first kappa shape index (κ1) is 19.6. The van der Waals surface area contributed by atoms with E-state index in [2.05, 4.69) is 47.1 Å². The second kappa shape index (κ2) is 9.70. The normalized spacial score (nSPS) is 15.2. The van der Waals surface area contributed by atoms with Crippen LogP contribution in [0.25, 0.3) is 0 Å². The first-order valence-corrected chi connectivity index (χ1v) is 9.64. The van der Waals surface area contributed by atoms with E-state index in [4.69, 9.17) is 4.74 Å². The lowest BCUT2D eigenvalue weighted by Gasteiger charge is -2.30. The van der Waals surface area contributed by atoms with Gasteiger partial charge in [0, 0.05) is 32.7 Å². The van der Waals surface area contributed by atoms with Crippen LogP contribution in [0.5, 0.6) is 5.75 Å². The van der Waals surface area contributed by atoms with Gasteiger partial charge in [-0.2, -0.15) is 0 Å². The highest BCUT2D eigenvalue weighted by Gasteiger charge is 2.18. The largest absolute Gasteiger partial charge is 0.491 e. The highest BCUT2D eigenvalue weighted by Crippen LogP contribution is 2.19. The van der Waals surface area contributed by atoms with Gasteiger partial charge in [-0.05, 0) is 42.2 Å². The predicted octanol–water partition coefficient (Wildman–Crippen LogP) is 3.15. The summed E-state index contributed by atoms with van der Waals surface area (Å²) in [6, 6.07) is 16.6. The van der Waals surface area contributed by atoms with Gasteiger partial charge >= 0.3 is 0 Å². The molecule has 2 aromatic carbocycles. The van der Waals surface area contributed by atoms with E-state index in [1.165, 1.54) is 11.1 Å². The van der Waals surface area contributed by atoms with Crippen LogP contribution < -0.4 is 10.1 Å². The molecular weight excluding hydrogens is 336 g/mol. The third-order valence-corrected chi connectivity index (χ3v) is 4.78. The minimum absolute atomic E-state index is 0.306. The maximum atomic E-state index is 10.4. The van der Waals surface area contributed by atoms with E-state index in [9.17, 15) is 5.11 Å². The Kier molecular flexibility index (Phi) is 7.04. The Bertz CT molecular complexity index is 760. The van der Waals surface area contributed by atoms with Crippen molar-refractivity contribution in [2.45, 2.75) is 32.5 Å². The van der Waals surface area contributed by atoms with Crippen LogP contribution in [0.15, 0.2) is 60.7 Å². The molecule has 1 atom stereocenters. The van der Waals surface area contributed by atoms with Gasteiger partial charge in [-0.1, -0.05) is 48.6 Å². The van der Waals surface area contributed by atoms with Crippen LogP contribution >= 0.6 is 0 Å². The number of benzene rings is 2. The van der Waals surface area contributed by atoms with Crippen molar-refractivity contribution < 1.29 is 9.84 Å². The average Bonchev–Trinajstić information content (AvgIpc) is 2.66. The summed E-state index contributed by atoms with van der Waals surface area (Å²) in [7, 11) is 0. The van der Waals surface area contributed by atoms with Crippen molar-refractivity contribution in [3.8, 4) is 5.75 Å². The summed E-state index contributed by atoms with van der Waals surface area (Å²) >= 11 is 0. The molecular formula is C23H30N2O2. The van der Waals surface area contributed by atoms with Gasteiger partial charge in [-0.25, -0.2) is 0 Å². The molecule has 0 aromatic heterocycles. The van der Waals surface area contributed by atoms with Gasteiger partial charge in [-0.3, -0.25) is 4.90 Å². The van der Waals surface area contributed by atoms with Crippen molar-refractivity contribution in [2.75, 3.05) is 26.2 Å². The maximum Gasteiger partial charge on any atom is 0.119 e. The zero-order valence-corrected chi connectivity index (χ0v) is 16.2. The van der Waals surface area contributed by atoms with Crippen LogP contribution in [0.1, 0.15) is 23.6 Å². The fraction of sp³-hybridized carbons (Fsp3) is 0.391. The minimum atomic E-state index is -0.500. The molecule has 0 amide bonds. The van der Waals surface area contributed by atoms with Gasteiger partial charge in [0.15, 0.2) is 0 Å². The van der Waals surface area contributed by atoms with E-state index in [1.54, 1.807) is 0 Å². The third-order valence-electron chi connectivity index (χ3n) is 4.78. The number of aliphatic hydroxyl groups is 1. The van der Waals surface area contributed by atoms with Crippen molar-refractivity contribution in [2.24, 2.45) is 0 Å². The van der Waals surface area contributed by atoms with E-state index in [1.807, 2.05) is 25.1 Å². The molecule has 1 heterocycles. The molecule has 2 aromatic rings. The summed E-state index contributed by atoms with van der Waals surface area (Å²) in [5.41, 5.74) is 5.07. The van der Waals surface area contributed by atoms with Gasteiger partial charge in [0.05, 0.1) is 0 Å². The Morgan fingerprint density at radius 2 is 2.04 bits per heavy atom. The summed E-state index contributed by atoms with van der Waals surface area (Å²) in [5.74, 6) is 0.799. The fourth-order valence-corrected chi connectivity index (χ4v) is 3.42. The Labute approximate surface area is 162 Å². The van der Waals surface area contributed by atoms with Crippen LogP contribution in [0.2, 0.25) is 0 Å². The highest BCUT2D eigenvalue weighted by atomic mass is 16.5. The molecule has 0 saturated heterocycles. The fourth-order valence-electron chi connectivity index (χ4n) is 3.42. The van der Waals surface area contributed by atoms with Gasteiger partial charge < -0.3 is 15.2 Å². The lowest BCUT2D eigenvalue weighted by atomic mass is 10.00. The van der Waals surface area contributed by atoms with E-state index in [0.717, 1.165) is 49.5 Å². The summed E-state index contributed by atoms with van der Waals surface area (Å²) in [6.45, 7) is 10.3. The zero-order valence-electron chi connectivity index (χ0n) is 16.2. The molecule has 0 fully saturated rings. The lowest BCUT2D eigenvalue weighted by Crippen LogP contribution is -2.38. The summed E-state index contributed by atoms with van der Waals surface area (Å²) < 4.78 is 5.82. The number of nitrogens with zero attached hydrogens (tertiary/aromatic N) is 1. The van der Waals surface area contributed by atoms with Gasteiger partial charge in [0.25, 0.3) is 0 Å². The zero-order chi connectivity index (χ0) is 19.1. The Morgan fingerprint density at radius 3 is 2.85 bits per heavy atom. The number of nitrogens with one attached hydrogen (secondary N) is 1. The first-order valence-electron chi connectivity index (χ1n) is 9.64. The van der Waals surface area contributed by atoms with E-state index < -0.39 is 6.10 Å². The molecule has 0 aliphatic carbocycles. The summed E-state index contributed by atoms with van der Waals surface area (Å²) in [5, 5.41) is 13.7. The predicted molar refractivity (Wildman–Crippen MR) is 110 cm³/mol. The van der Waals surface area contributed by atoms with Crippen LogP contribution in [0.4, 0.5) is 0 Å². The topological polar surface area (TPSA) is 44.7 Å². The van der Waals surface area contributed by atoms with Crippen molar-refractivity contribution >= 4 is 0 Å². The monoisotopic (exact) mass is 366 g/mol. The number of ether oxygens (including phenoxy) is 1. The first-order chi connectivity index (χ1) is 13.1. The Morgan fingerprint density at radius 1 is 1.22 bits per heavy atom. The number of hydrogen-bond acceptors (Lipinski definition) is 4. The smallest absolute Gasteiger partial charge is 0.119 e. The molecule has 2 N–H and O–H groups in total. The molecule has 27 heavy (non-hydrogen) atoms. The van der Waals surface area contributed by atoms with Crippen molar-refractivity contribution in [3.63, 3.8) is 0 Å². The van der Waals surface area contributed by atoms with Gasteiger partial charge in [0.2, 0.25) is 0 Å². The molecule has 3 rings (SSSR count). The molecule has 4 nitrogen and oxygen atoms in total. The number of hydrogen-bond donors (Lipinski definition) is 2. The van der Waals surface area contributed by atoms with Crippen LogP contribution in [-0.2, 0) is 19.5 Å². The molecule has 0 saturated carbocycles. The number of rotatable bonds is 9. The SMILES string of the molecule is C=C(C)CNCc1cccc(OCC(O)CN2CCc3ccccc3C2)c1. The van der Waals surface area contributed by atoms with Crippen molar-refractivity contribution in [1.82, 2.24) is 10.2 Å². The van der Waals surface area contributed by atoms with Crippen molar-refractivity contribution in [1.29, 1.82) is 0 Å². The average molecular weight is 367 g/mol. The quantitative estimate of drug-likeness (QED) is 0.669. The Balaban J connectivity index is 1.44. The van der Waals surface area contributed by atoms with E-state index in [-0.39, 0.29) is 0 Å². The van der Waals surface area contributed by atoms with Crippen LogP contribution in [-0.4, -0.2) is 42.4 Å². The second-order valence-electron chi connectivity index (χ2n) is 7.43. The van der Waals surface area contributed by atoms with Gasteiger partial charge in [-0.15, -0.1) is 0 Å². The Hall–Kier alpha value is -2.14. The lowest BCUT2D eigenvalue weighted by molar-refractivity contribution is 0.0637. The number of fused-ring (bicyclic) bond motifs is 1. The molecule has 1 aliphatic rings. The number of β-amino-alcohol motifs (C(OH)–C–C–N with tert-alkyl or cyclic N) is 1. The van der Waals surface area contributed by atoms with Crippen molar-refractivity contribution in [3.05, 3.63) is 77.4 Å². The molecule has 1 unspecified atom stereocenters. The molecule has 0 radical (unpaired) electrons. The molecule has 144 valence electrons. The standard InChI is InChI=1S/C23H30N2O2/c1-18(2)13-24-14-19-6-5-9-23(12-19)27-17-22(26)16-25-11-10-20-7-3-4-8-21(20)15-25/h3-9,12,22,24,26H,1,10-11,13-17H2,2H3. The van der Waals surface area contributed by atoms with Gasteiger partial charge in [0.1, 0.15) is 18.5 Å². The molecule has 4 heteroatoms. The van der Waals surface area contributed by atoms with Crippen LogP contribution in [0, 0.1) is 0 Å².